The second-order valence-electron chi connectivity index (χ2n) is 15.1. The molecule has 0 aromatic carbocycles. The van der Waals surface area contributed by atoms with Crippen LogP contribution in [0.1, 0.15) is 98.8 Å². The Morgan fingerprint density at radius 2 is 1.21 bits per heavy atom. The van der Waals surface area contributed by atoms with Gasteiger partial charge in [-0.2, -0.15) is 0 Å². The topological polar surface area (TPSA) is 125 Å². The van der Waals surface area contributed by atoms with Crippen molar-refractivity contribution in [2.45, 2.75) is 111 Å². The van der Waals surface area contributed by atoms with E-state index in [1.54, 1.807) is 6.92 Å². The minimum Gasteiger partial charge on any atom is -0.481 e. The Hall–Kier alpha value is -1.51. The summed E-state index contributed by atoms with van der Waals surface area (Å²) in [5.41, 5.74) is 0. The van der Waals surface area contributed by atoms with Gasteiger partial charge in [0.05, 0.1) is 18.4 Å². The predicted molar refractivity (Wildman–Crippen MR) is 162 cm³/mol. The normalized spacial score (nSPS) is 44.7. The number of carboxylic acids is 1. The van der Waals surface area contributed by atoms with Gasteiger partial charge in [0.15, 0.2) is 0 Å². The Labute approximate surface area is 253 Å². The van der Waals surface area contributed by atoms with Crippen molar-refractivity contribution in [1.82, 2.24) is 10.6 Å². The molecule has 4 saturated carbocycles. The first-order chi connectivity index (χ1) is 19.9. The number of amides is 1. The van der Waals surface area contributed by atoms with Gasteiger partial charge in [0.25, 0.3) is 0 Å². The Balaban J connectivity index is 1.36. The highest BCUT2D eigenvalue weighted by Gasteiger charge is 2.49. The summed E-state index contributed by atoms with van der Waals surface area (Å²) < 4.78 is 0. The summed E-state index contributed by atoms with van der Waals surface area (Å²) in [6, 6.07) is 0.757. The van der Waals surface area contributed by atoms with E-state index in [1.165, 1.54) is 19.3 Å². The summed E-state index contributed by atoms with van der Waals surface area (Å²) in [5, 5.41) is 26.2. The molecule has 4 aliphatic carbocycles. The molecular formula is C34H58N2O6. The van der Waals surface area contributed by atoms with Gasteiger partial charge in [0.2, 0.25) is 5.91 Å². The SMILES string of the molecule is CNC1CCC(C2CCC(NC(=O)C3CC(C)C(C4CC(COO)C(C(C)=O)CC4C)CC3C(=O)O)CC2C)C(C)C1. The first-order valence-electron chi connectivity index (χ1n) is 16.9. The number of carbonyl (C=O) groups is 3. The summed E-state index contributed by atoms with van der Waals surface area (Å²) in [6.07, 6.45) is 9.39. The van der Waals surface area contributed by atoms with Crippen molar-refractivity contribution in [3.63, 3.8) is 0 Å². The van der Waals surface area contributed by atoms with E-state index in [0.717, 1.165) is 43.9 Å². The van der Waals surface area contributed by atoms with Gasteiger partial charge in [-0.05, 0) is 131 Å². The van der Waals surface area contributed by atoms with E-state index < -0.39 is 17.8 Å². The Kier molecular flexibility index (Phi) is 11.5. The highest BCUT2D eigenvalue weighted by atomic mass is 17.1. The number of ketones is 1. The molecule has 8 nitrogen and oxygen atoms in total. The van der Waals surface area contributed by atoms with Crippen LogP contribution in [0.3, 0.4) is 0 Å². The molecule has 42 heavy (non-hydrogen) atoms. The largest absolute Gasteiger partial charge is 0.481 e. The van der Waals surface area contributed by atoms with Crippen LogP contribution in [0.25, 0.3) is 0 Å². The molecule has 14 unspecified atom stereocenters. The highest BCUT2D eigenvalue weighted by molar-refractivity contribution is 5.85. The van der Waals surface area contributed by atoms with E-state index in [1.807, 2.05) is 0 Å². The van der Waals surface area contributed by atoms with Gasteiger partial charge in [0.1, 0.15) is 5.78 Å². The third-order valence-corrected chi connectivity index (χ3v) is 12.7. The third-order valence-electron chi connectivity index (χ3n) is 12.7. The molecule has 240 valence electrons. The van der Waals surface area contributed by atoms with E-state index in [0.29, 0.717) is 30.7 Å². The third kappa shape index (κ3) is 7.40. The zero-order valence-corrected chi connectivity index (χ0v) is 26.9. The van der Waals surface area contributed by atoms with Crippen molar-refractivity contribution in [3.8, 4) is 0 Å². The molecule has 0 aliphatic heterocycles. The van der Waals surface area contributed by atoms with Crippen molar-refractivity contribution in [2.75, 3.05) is 13.7 Å². The lowest BCUT2D eigenvalue weighted by Gasteiger charge is -2.48. The van der Waals surface area contributed by atoms with Crippen LogP contribution < -0.4 is 10.6 Å². The maximum Gasteiger partial charge on any atom is 0.307 e. The summed E-state index contributed by atoms with van der Waals surface area (Å²) in [6.45, 7) is 10.8. The first kappa shape index (κ1) is 33.4. The second kappa shape index (κ2) is 14.5. The van der Waals surface area contributed by atoms with Crippen LogP contribution in [-0.4, -0.2) is 53.8 Å². The number of hydrogen-bond donors (Lipinski definition) is 4. The van der Waals surface area contributed by atoms with Crippen molar-refractivity contribution >= 4 is 17.7 Å². The van der Waals surface area contributed by atoms with Crippen molar-refractivity contribution in [3.05, 3.63) is 0 Å². The molecule has 0 heterocycles. The maximum absolute atomic E-state index is 13.7. The number of rotatable bonds is 9. The molecule has 0 aromatic rings. The molecule has 4 fully saturated rings. The Morgan fingerprint density at radius 1 is 0.690 bits per heavy atom. The molecule has 0 aromatic heterocycles. The van der Waals surface area contributed by atoms with Crippen LogP contribution in [0.4, 0.5) is 0 Å². The van der Waals surface area contributed by atoms with Crippen LogP contribution in [0.5, 0.6) is 0 Å². The smallest absolute Gasteiger partial charge is 0.307 e. The molecule has 0 radical (unpaired) electrons. The van der Waals surface area contributed by atoms with Gasteiger partial charge >= 0.3 is 5.97 Å². The van der Waals surface area contributed by atoms with E-state index in [9.17, 15) is 19.5 Å². The van der Waals surface area contributed by atoms with Crippen molar-refractivity contribution < 1.29 is 29.6 Å². The van der Waals surface area contributed by atoms with Crippen LogP contribution in [0, 0.1) is 71.0 Å². The number of Topliss-reactive ketones (excluding diaryl/α,β-unsaturated/α-hetero) is 1. The number of nitrogens with one attached hydrogen (secondary N) is 2. The fourth-order valence-corrected chi connectivity index (χ4v) is 10.3. The molecule has 4 rings (SSSR count). The molecule has 14 atom stereocenters. The van der Waals surface area contributed by atoms with Crippen molar-refractivity contribution in [2.24, 2.45) is 71.0 Å². The van der Waals surface area contributed by atoms with Crippen LogP contribution in [-0.2, 0) is 19.3 Å². The van der Waals surface area contributed by atoms with Gasteiger partial charge < -0.3 is 15.7 Å². The lowest BCUT2D eigenvalue weighted by Crippen LogP contribution is -2.50. The average molecular weight is 591 g/mol. The van der Waals surface area contributed by atoms with Crippen LogP contribution >= 0.6 is 0 Å². The molecule has 4 N–H and O–H groups in total. The van der Waals surface area contributed by atoms with E-state index in [-0.39, 0.29) is 59.8 Å². The minimum absolute atomic E-state index is 0.0661. The van der Waals surface area contributed by atoms with E-state index >= 15 is 0 Å². The summed E-state index contributed by atoms with van der Waals surface area (Å²) in [4.78, 5) is 43.0. The monoisotopic (exact) mass is 590 g/mol. The number of carboxylic acid groups (broad SMARTS) is 1. The van der Waals surface area contributed by atoms with E-state index in [4.69, 9.17) is 5.26 Å². The summed E-state index contributed by atoms with van der Waals surface area (Å²) >= 11 is 0. The quantitative estimate of drug-likeness (QED) is 0.202. The van der Waals surface area contributed by atoms with Gasteiger partial charge in [-0.1, -0.05) is 27.7 Å². The van der Waals surface area contributed by atoms with Gasteiger partial charge in [-0.3, -0.25) is 19.6 Å². The van der Waals surface area contributed by atoms with Gasteiger partial charge in [0, 0.05) is 18.0 Å². The van der Waals surface area contributed by atoms with Crippen molar-refractivity contribution in [1.29, 1.82) is 0 Å². The van der Waals surface area contributed by atoms with E-state index in [2.05, 4.69) is 50.3 Å². The Bertz CT molecular complexity index is 943. The number of hydrogen-bond acceptors (Lipinski definition) is 6. The molecular weight excluding hydrogens is 532 g/mol. The summed E-state index contributed by atoms with van der Waals surface area (Å²) in [5.74, 6) is 1.35. The molecule has 0 saturated heterocycles. The number of aliphatic carboxylic acids is 1. The maximum atomic E-state index is 13.7. The van der Waals surface area contributed by atoms with Gasteiger partial charge in [-0.15, -0.1) is 0 Å². The fourth-order valence-electron chi connectivity index (χ4n) is 10.3. The predicted octanol–water partition coefficient (Wildman–Crippen LogP) is 5.65. The zero-order valence-electron chi connectivity index (χ0n) is 26.9. The fraction of sp³-hybridized carbons (Fsp3) is 0.912. The number of carbonyl (C=O) groups excluding carboxylic acids is 2. The second-order valence-corrected chi connectivity index (χ2v) is 15.1. The van der Waals surface area contributed by atoms with Crippen LogP contribution in [0.2, 0.25) is 0 Å². The lowest BCUT2D eigenvalue weighted by molar-refractivity contribution is -0.257. The molecule has 0 bridgehead atoms. The lowest BCUT2D eigenvalue weighted by atomic mass is 9.57. The standard InChI is InChI=1S/C34H58N2O6/c1-18-11-24(35-6)7-9-26(18)27-10-8-25(12-19(27)2)36-33(38)31-14-21(4)29(16-32(31)34(39)40)28-15-23(17-42-41)30(22(5)37)13-20(28)3/h18-21,23-32,35,41H,7-17H2,1-6H3,(H,36,38)(H,39,40). The average Bonchev–Trinajstić information content (AvgIpc) is 2.94. The Morgan fingerprint density at radius 3 is 1.74 bits per heavy atom. The minimum atomic E-state index is -0.879. The highest BCUT2D eigenvalue weighted by Crippen LogP contribution is 2.50. The molecule has 8 heteroatoms. The van der Waals surface area contributed by atoms with Crippen LogP contribution in [0.15, 0.2) is 0 Å². The molecule has 0 spiro atoms. The molecule has 1 amide bonds. The first-order valence-corrected chi connectivity index (χ1v) is 16.9. The zero-order chi connectivity index (χ0) is 30.7. The van der Waals surface area contributed by atoms with Gasteiger partial charge in [-0.25, -0.2) is 4.89 Å². The molecule has 4 aliphatic rings. The summed E-state index contributed by atoms with van der Waals surface area (Å²) in [7, 11) is 2.07.